The van der Waals surface area contributed by atoms with E-state index in [9.17, 15) is 9.59 Å². The van der Waals surface area contributed by atoms with E-state index in [1.165, 1.54) is 0 Å². The van der Waals surface area contributed by atoms with Gasteiger partial charge in [0.2, 0.25) is 0 Å². The summed E-state index contributed by atoms with van der Waals surface area (Å²) in [5, 5.41) is 11.8. The minimum atomic E-state index is -1.51. The molecule has 4 N–H and O–H groups in total. The number of amides is 2. The first-order chi connectivity index (χ1) is 13.5. The Hall–Kier alpha value is -3.01. The Kier molecular flexibility index (Phi) is 4.71. The summed E-state index contributed by atoms with van der Waals surface area (Å²) in [6.07, 6.45) is 0. The summed E-state index contributed by atoms with van der Waals surface area (Å²) in [6, 6.07) is 12.2. The van der Waals surface area contributed by atoms with Gasteiger partial charge in [-0.2, -0.15) is 0 Å². The maximum absolute atomic E-state index is 12.7. The lowest BCUT2D eigenvalue weighted by Gasteiger charge is -2.21. The van der Waals surface area contributed by atoms with Crippen LogP contribution in [0.25, 0.3) is 0 Å². The lowest BCUT2D eigenvalue weighted by Crippen LogP contribution is -2.35. The summed E-state index contributed by atoms with van der Waals surface area (Å²) in [5.41, 5.74) is 2.42. The highest BCUT2D eigenvalue weighted by Gasteiger charge is 2.53. The second-order valence-electron chi connectivity index (χ2n) is 6.24. The van der Waals surface area contributed by atoms with Gasteiger partial charge in [0.15, 0.2) is 5.11 Å². The molecule has 0 bridgehead atoms. The van der Waals surface area contributed by atoms with Crippen molar-refractivity contribution in [1.82, 2.24) is 5.32 Å². The molecule has 2 aliphatic rings. The maximum atomic E-state index is 12.7. The molecule has 1 fully saturated rings. The van der Waals surface area contributed by atoms with Crippen molar-refractivity contribution in [1.29, 1.82) is 0 Å². The van der Waals surface area contributed by atoms with Crippen LogP contribution in [0.1, 0.15) is 15.9 Å². The smallest absolute Gasteiger partial charge is 0.290 e. The van der Waals surface area contributed by atoms with Gasteiger partial charge in [-0.25, -0.2) is 0 Å². The van der Waals surface area contributed by atoms with Gasteiger partial charge in [0.25, 0.3) is 17.6 Å². The molecule has 0 unspecified atom stereocenters. The zero-order valence-electron chi connectivity index (χ0n) is 15.0. The molecule has 0 radical (unpaired) electrons. The molecule has 1 saturated heterocycles. The molecule has 144 valence electrons. The van der Waals surface area contributed by atoms with Crippen LogP contribution < -0.4 is 21.3 Å². The SMILES string of the molecule is CNC(=S)Nc1cc(NC(=O)c2ccccc2)c2c(c1)C1(OCCO1)C(=O)N2. The summed E-state index contributed by atoms with van der Waals surface area (Å²) in [7, 11) is 1.69. The van der Waals surface area contributed by atoms with E-state index in [1.54, 1.807) is 43.4 Å². The Balaban J connectivity index is 1.76. The number of nitrogens with one attached hydrogen (secondary N) is 4. The van der Waals surface area contributed by atoms with E-state index >= 15 is 0 Å². The van der Waals surface area contributed by atoms with Crippen LogP contribution in [0.3, 0.4) is 0 Å². The van der Waals surface area contributed by atoms with Gasteiger partial charge in [-0.05, 0) is 36.5 Å². The number of thiocarbonyl (C=S) groups is 1. The molecule has 2 aromatic carbocycles. The average molecular weight is 398 g/mol. The highest BCUT2D eigenvalue weighted by Crippen LogP contribution is 2.47. The zero-order valence-corrected chi connectivity index (χ0v) is 15.8. The third kappa shape index (κ3) is 3.09. The number of fused-ring (bicyclic) bond motifs is 2. The van der Waals surface area contributed by atoms with Crippen molar-refractivity contribution in [2.45, 2.75) is 5.79 Å². The van der Waals surface area contributed by atoms with Gasteiger partial charge < -0.3 is 30.7 Å². The second kappa shape index (κ2) is 7.19. The van der Waals surface area contributed by atoms with Crippen LogP contribution in [0.15, 0.2) is 42.5 Å². The quantitative estimate of drug-likeness (QED) is 0.587. The van der Waals surface area contributed by atoms with Crippen molar-refractivity contribution in [3.8, 4) is 0 Å². The number of hydrogen-bond donors (Lipinski definition) is 4. The number of rotatable bonds is 3. The number of carbonyl (C=O) groups is 2. The Morgan fingerprint density at radius 3 is 2.54 bits per heavy atom. The van der Waals surface area contributed by atoms with Crippen molar-refractivity contribution in [2.75, 3.05) is 36.2 Å². The van der Waals surface area contributed by atoms with Crippen LogP contribution in [0.5, 0.6) is 0 Å². The highest BCUT2D eigenvalue weighted by atomic mass is 32.1. The first kappa shape index (κ1) is 18.4. The Morgan fingerprint density at radius 1 is 1.14 bits per heavy atom. The molecular weight excluding hydrogens is 380 g/mol. The van der Waals surface area contributed by atoms with Gasteiger partial charge in [-0.15, -0.1) is 0 Å². The van der Waals surface area contributed by atoms with Crippen LogP contribution >= 0.6 is 12.2 Å². The van der Waals surface area contributed by atoms with Crippen LogP contribution in [-0.2, 0) is 20.1 Å². The van der Waals surface area contributed by atoms with Crippen LogP contribution in [0.4, 0.5) is 17.1 Å². The topological polar surface area (TPSA) is 101 Å². The van der Waals surface area contributed by atoms with Crippen molar-refractivity contribution >= 4 is 46.2 Å². The largest absolute Gasteiger partial charge is 0.366 e. The molecule has 8 nitrogen and oxygen atoms in total. The molecule has 2 aromatic rings. The first-order valence-electron chi connectivity index (χ1n) is 8.66. The monoisotopic (exact) mass is 398 g/mol. The predicted molar refractivity (Wildman–Crippen MR) is 108 cm³/mol. The maximum Gasteiger partial charge on any atom is 0.290 e. The fourth-order valence-corrected chi connectivity index (χ4v) is 3.32. The molecule has 0 aromatic heterocycles. The third-order valence-electron chi connectivity index (χ3n) is 4.49. The number of anilines is 3. The van der Waals surface area contributed by atoms with Gasteiger partial charge >= 0.3 is 0 Å². The molecule has 28 heavy (non-hydrogen) atoms. The standard InChI is InChI=1S/C19H18N4O4S/c1-20-18(28)21-12-9-13-15(23-17(25)19(13)26-7-8-27-19)14(10-12)22-16(24)11-5-3-2-4-6-11/h2-6,9-10H,7-8H2,1H3,(H,22,24)(H,23,25)(H2,20,21,28). The van der Waals surface area contributed by atoms with E-state index in [2.05, 4.69) is 21.3 Å². The summed E-state index contributed by atoms with van der Waals surface area (Å²) in [4.78, 5) is 25.3. The first-order valence-corrected chi connectivity index (χ1v) is 9.07. The van der Waals surface area contributed by atoms with Crippen molar-refractivity contribution in [2.24, 2.45) is 0 Å². The fraction of sp³-hybridized carbons (Fsp3) is 0.211. The Bertz CT molecular complexity index is 958. The molecule has 0 saturated carbocycles. The summed E-state index contributed by atoms with van der Waals surface area (Å²) < 4.78 is 11.3. The number of ether oxygens (including phenoxy) is 2. The minimum Gasteiger partial charge on any atom is -0.366 e. The zero-order chi connectivity index (χ0) is 19.7. The van der Waals surface area contributed by atoms with Crippen molar-refractivity contribution in [3.05, 3.63) is 53.6 Å². The highest BCUT2D eigenvalue weighted by molar-refractivity contribution is 7.80. The lowest BCUT2D eigenvalue weighted by molar-refractivity contribution is -0.178. The lowest BCUT2D eigenvalue weighted by atomic mass is 10.0. The average Bonchev–Trinajstić information content (AvgIpc) is 3.30. The van der Waals surface area contributed by atoms with Gasteiger partial charge in [0, 0.05) is 23.9 Å². The van der Waals surface area contributed by atoms with Gasteiger partial charge in [-0.3, -0.25) is 9.59 Å². The normalized spacial score (nSPS) is 16.4. The van der Waals surface area contributed by atoms with E-state index in [-0.39, 0.29) is 5.91 Å². The molecule has 2 amide bonds. The van der Waals surface area contributed by atoms with Crippen LogP contribution in [0, 0.1) is 0 Å². The van der Waals surface area contributed by atoms with Gasteiger partial charge in [0.1, 0.15) is 0 Å². The molecule has 0 atom stereocenters. The van der Waals surface area contributed by atoms with E-state index in [0.717, 1.165) is 0 Å². The van der Waals surface area contributed by atoms with E-state index in [1.807, 2.05) is 6.07 Å². The van der Waals surface area contributed by atoms with Crippen molar-refractivity contribution < 1.29 is 19.1 Å². The van der Waals surface area contributed by atoms with Crippen LogP contribution in [0.2, 0.25) is 0 Å². The molecule has 0 aliphatic carbocycles. The van der Waals surface area contributed by atoms with Gasteiger partial charge in [0.05, 0.1) is 24.6 Å². The fourth-order valence-electron chi connectivity index (χ4n) is 3.20. The molecule has 1 spiro atoms. The minimum absolute atomic E-state index is 0.297. The molecule has 4 rings (SSSR count). The molecule has 2 heterocycles. The van der Waals surface area contributed by atoms with Gasteiger partial charge in [-0.1, -0.05) is 18.2 Å². The number of carbonyl (C=O) groups excluding carboxylic acids is 2. The number of benzene rings is 2. The third-order valence-corrected chi connectivity index (χ3v) is 4.80. The van der Waals surface area contributed by atoms with E-state index in [4.69, 9.17) is 21.7 Å². The summed E-state index contributed by atoms with van der Waals surface area (Å²) in [6.45, 7) is 0.594. The molecular formula is C19H18N4O4S. The van der Waals surface area contributed by atoms with Crippen LogP contribution in [-0.4, -0.2) is 37.2 Å². The molecule has 2 aliphatic heterocycles. The van der Waals surface area contributed by atoms with Crippen molar-refractivity contribution in [3.63, 3.8) is 0 Å². The molecule has 9 heteroatoms. The summed E-state index contributed by atoms with van der Waals surface area (Å²) in [5.74, 6) is -2.25. The Morgan fingerprint density at radius 2 is 1.86 bits per heavy atom. The van der Waals surface area contributed by atoms with E-state index in [0.29, 0.717) is 46.5 Å². The number of hydrogen-bond acceptors (Lipinski definition) is 5. The Labute approximate surface area is 166 Å². The van der Waals surface area contributed by atoms with E-state index < -0.39 is 11.7 Å². The second-order valence-corrected chi connectivity index (χ2v) is 6.65. The predicted octanol–water partition coefficient (Wildman–Crippen LogP) is 2.01. The summed E-state index contributed by atoms with van der Waals surface area (Å²) >= 11 is 5.17.